The van der Waals surface area contributed by atoms with Crippen molar-refractivity contribution in [2.75, 3.05) is 40.3 Å². The lowest BCUT2D eigenvalue weighted by molar-refractivity contribution is 0.0988. The molecule has 1 atom stereocenters. The van der Waals surface area contributed by atoms with E-state index in [1.807, 2.05) is 38.4 Å². The van der Waals surface area contributed by atoms with Crippen molar-refractivity contribution in [3.8, 4) is 0 Å². The molecule has 1 aliphatic rings. The van der Waals surface area contributed by atoms with Gasteiger partial charge in [-0.1, -0.05) is 35.9 Å². The quantitative estimate of drug-likeness (QED) is 0.595. The topological polar surface area (TPSA) is 69.7 Å². The monoisotopic (exact) mass is 449 g/mol. The molecule has 0 aromatic heterocycles. The van der Waals surface area contributed by atoms with Gasteiger partial charge in [0.05, 0.1) is 11.4 Å². The lowest BCUT2D eigenvalue weighted by atomic mass is 10.1. The molecule has 0 aliphatic carbocycles. The highest BCUT2D eigenvalue weighted by Gasteiger charge is 2.27. The van der Waals surface area contributed by atoms with Crippen LogP contribution in [-0.4, -0.2) is 63.7 Å². The van der Waals surface area contributed by atoms with Crippen molar-refractivity contribution in [3.63, 3.8) is 0 Å². The van der Waals surface area contributed by atoms with Crippen LogP contribution >= 0.6 is 11.6 Å². The number of halogens is 1. The number of benzene rings is 2. The van der Waals surface area contributed by atoms with E-state index in [2.05, 4.69) is 10.2 Å². The van der Waals surface area contributed by atoms with Crippen molar-refractivity contribution >= 4 is 27.4 Å². The Morgan fingerprint density at radius 3 is 2.23 bits per heavy atom. The zero-order chi connectivity index (χ0) is 21.7. The normalized spacial score (nSPS) is 16.1. The number of hydrogen-bond donors (Lipinski definition) is 1. The fourth-order valence-corrected chi connectivity index (χ4v) is 5.24. The molecule has 3 rings (SSSR count). The molecule has 1 aliphatic heterocycles. The van der Waals surface area contributed by atoms with Crippen LogP contribution < -0.4 is 5.32 Å². The third kappa shape index (κ3) is 5.47. The first-order chi connectivity index (χ1) is 14.3. The standard InChI is InChI=1S/C22H28ClN3O3S/c1-25(2)21(17-5-9-19(23)10-6-17)15-24-16-22(27)18-7-11-20(12-8-18)30(28,29)26-13-3-4-14-26/h5-12,21,24H,3-4,13-16H2,1-2H3. The van der Waals surface area contributed by atoms with Crippen LogP contribution in [0.3, 0.4) is 0 Å². The van der Waals surface area contributed by atoms with Crippen LogP contribution in [-0.2, 0) is 10.0 Å². The van der Waals surface area contributed by atoms with Crippen LogP contribution in [0.5, 0.6) is 0 Å². The minimum Gasteiger partial charge on any atom is -0.308 e. The molecule has 8 heteroatoms. The van der Waals surface area contributed by atoms with Gasteiger partial charge in [0.1, 0.15) is 0 Å². The highest BCUT2D eigenvalue weighted by Crippen LogP contribution is 2.22. The van der Waals surface area contributed by atoms with Crippen molar-refractivity contribution in [1.82, 2.24) is 14.5 Å². The molecular weight excluding hydrogens is 422 g/mol. The zero-order valence-electron chi connectivity index (χ0n) is 17.3. The molecule has 0 spiro atoms. The largest absolute Gasteiger partial charge is 0.308 e. The van der Waals surface area contributed by atoms with Gasteiger partial charge >= 0.3 is 0 Å². The van der Waals surface area contributed by atoms with E-state index in [4.69, 9.17) is 11.6 Å². The van der Waals surface area contributed by atoms with Crippen LogP contribution in [0.15, 0.2) is 53.4 Å². The van der Waals surface area contributed by atoms with Crippen LogP contribution in [0, 0.1) is 0 Å². The predicted octanol–water partition coefficient (Wildman–Crippen LogP) is 3.20. The van der Waals surface area contributed by atoms with E-state index >= 15 is 0 Å². The summed E-state index contributed by atoms with van der Waals surface area (Å²) in [6.45, 7) is 1.90. The second kappa shape index (κ2) is 10.0. The summed E-state index contributed by atoms with van der Waals surface area (Å²) < 4.78 is 26.7. The van der Waals surface area contributed by atoms with Crippen molar-refractivity contribution in [2.24, 2.45) is 0 Å². The third-order valence-corrected chi connectivity index (χ3v) is 7.55. The fourth-order valence-electron chi connectivity index (χ4n) is 3.60. The number of nitrogens with one attached hydrogen (secondary N) is 1. The Labute approximate surface area is 183 Å². The third-order valence-electron chi connectivity index (χ3n) is 5.38. The van der Waals surface area contributed by atoms with Crippen molar-refractivity contribution in [1.29, 1.82) is 0 Å². The Hall–Kier alpha value is -1.77. The highest BCUT2D eigenvalue weighted by molar-refractivity contribution is 7.89. The number of nitrogens with zero attached hydrogens (tertiary/aromatic N) is 2. The Morgan fingerprint density at radius 2 is 1.67 bits per heavy atom. The van der Waals surface area contributed by atoms with Crippen LogP contribution in [0.25, 0.3) is 0 Å². The van der Waals surface area contributed by atoms with Gasteiger partial charge < -0.3 is 10.2 Å². The fraction of sp³-hybridized carbons (Fsp3) is 0.409. The molecule has 162 valence electrons. The summed E-state index contributed by atoms with van der Waals surface area (Å²) in [5, 5.41) is 3.91. The summed E-state index contributed by atoms with van der Waals surface area (Å²) in [6, 6.07) is 14.0. The predicted molar refractivity (Wildman–Crippen MR) is 120 cm³/mol. The van der Waals surface area contributed by atoms with Gasteiger partial charge in [-0.25, -0.2) is 8.42 Å². The summed E-state index contributed by atoms with van der Waals surface area (Å²) in [5.74, 6) is -0.0752. The molecule has 0 saturated carbocycles. The summed E-state index contributed by atoms with van der Waals surface area (Å²) in [7, 11) is 0.516. The maximum Gasteiger partial charge on any atom is 0.243 e. The molecule has 1 N–H and O–H groups in total. The molecular formula is C22H28ClN3O3S. The van der Waals surface area contributed by atoms with Gasteiger partial charge in [-0.05, 0) is 56.8 Å². The number of hydrogen-bond acceptors (Lipinski definition) is 5. The lowest BCUT2D eigenvalue weighted by Crippen LogP contribution is -2.33. The average molecular weight is 450 g/mol. The van der Waals surface area contributed by atoms with Gasteiger partial charge in [-0.3, -0.25) is 4.79 Å². The molecule has 1 heterocycles. The smallest absolute Gasteiger partial charge is 0.243 e. The second-order valence-corrected chi connectivity index (χ2v) is 10.1. The van der Waals surface area contributed by atoms with E-state index in [0.29, 0.717) is 30.2 Å². The Balaban J connectivity index is 1.58. The minimum atomic E-state index is -3.46. The first kappa shape index (κ1) is 22.9. The summed E-state index contributed by atoms with van der Waals surface area (Å²) in [4.78, 5) is 14.9. The SMILES string of the molecule is CN(C)C(CNCC(=O)c1ccc(S(=O)(=O)N2CCCC2)cc1)c1ccc(Cl)cc1. The number of rotatable bonds is 9. The molecule has 1 fully saturated rings. The first-order valence-corrected chi connectivity index (χ1v) is 11.9. The van der Waals surface area contributed by atoms with Crippen LogP contribution in [0.1, 0.15) is 34.8 Å². The number of Topliss-reactive ketones (excluding diaryl/α,β-unsaturated/α-hetero) is 1. The maximum absolute atomic E-state index is 12.6. The van der Waals surface area contributed by atoms with Gasteiger partial charge in [-0.2, -0.15) is 4.31 Å². The Kier molecular flexibility index (Phi) is 7.65. The Morgan fingerprint density at radius 1 is 1.07 bits per heavy atom. The molecule has 1 saturated heterocycles. The highest BCUT2D eigenvalue weighted by atomic mass is 35.5. The van der Waals surface area contributed by atoms with E-state index in [1.54, 1.807) is 12.1 Å². The molecule has 0 bridgehead atoms. The minimum absolute atomic E-state index is 0.0752. The van der Waals surface area contributed by atoms with E-state index < -0.39 is 10.0 Å². The summed E-state index contributed by atoms with van der Waals surface area (Å²) in [6.07, 6.45) is 1.79. The van der Waals surface area contributed by atoms with Gasteiger partial charge in [0.2, 0.25) is 10.0 Å². The number of ketones is 1. The zero-order valence-corrected chi connectivity index (χ0v) is 18.9. The molecule has 1 unspecified atom stereocenters. The number of likely N-dealkylation sites (N-methyl/N-ethyl adjacent to an activating group) is 1. The molecule has 2 aromatic rings. The molecule has 30 heavy (non-hydrogen) atoms. The average Bonchev–Trinajstić information content (AvgIpc) is 3.28. The van der Waals surface area contributed by atoms with E-state index in [0.717, 1.165) is 18.4 Å². The van der Waals surface area contributed by atoms with Crippen LogP contribution in [0.4, 0.5) is 0 Å². The van der Waals surface area contributed by atoms with Gasteiger partial charge in [0, 0.05) is 36.3 Å². The summed E-state index contributed by atoms with van der Waals surface area (Å²) in [5.41, 5.74) is 1.61. The van der Waals surface area contributed by atoms with E-state index in [1.165, 1.54) is 16.4 Å². The molecule has 6 nitrogen and oxygen atoms in total. The van der Waals surface area contributed by atoms with Crippen molar-refractivity contribution in [2.45, 2.75) is 23.8 Å². The van der Waals surface area contributed by atoms with Gasteiger partial charge in [0.25, 0.3) is 0 Å². The van der Waals surface area contributed by atoms with Crippen LogP contribution in [0.2, 0.25) is 5.02 Å². The molecule has 0 amide bonds. The lowest BCUT2D eigenvalue weighted by Gasteiger charge is -2.25. The second-order valence-electron chi connectivity index (χ2n) is 7.72. The number of sulfonamides is 1. The Bertz CT molecular complexity index is 954. The van der Waals surface area contributed by atoms with E-state index in [-0.39, 0.29) is 23.3 Å². The molecule has 2 aromatic carbocycles. The van der Waals surface area contributed by atoms with Crippen molar-refractivity contribution < 1.29 is 13.2 Å². The number of carbonyl (C=O) groups excluding carboxylic acids is 1. The first-order valence-electron chi connectivity index (χ1n) is 10.0. The van der Waals surface area contributed by atoms with Gasteiger partial charge in [0.15, 0.2) is 5.78 Å². The van der Waals surface area contributed by atoms with E-state index in [9.17, 15) is 13.2 Å². The van der Waals surface area contributed by atoms with Gasteiger partial charge in [-0.15, -0.1) is 0 Å². The maximum atomic E-state index is 12.6. The summed E-state index contributed by atoms with van der Waals surface area (Å²) >= 11 is 5.97. The van der Waals surface area contributed by atoms with Crippen molar-refractivity contribution in [3.05, 3.63) is 64.7 Å². The molecule has 0 radical (unpaired) electrons. The number of carbonyl (C=O) groups is 1.